The third-order valence-corrected chi connectivity index (χ3v) is 1.61. The van der Waals surface area contributed by atoms with Gasteiger partial charge in [-0.15, -0.1) is 11.6 Å². The molecule has 0 aromatic rings. The molecule has 56 valence electrons. The van der Waals surface area contributed by atoms with Crippen molar-refractivity contribution in [1.29, 1.82) is 0 Å². The Balaban J connectivity index is 2.50. The lowest BCUT2D eigenvalue weighted by molar-refractivity contribution is -0.156. The molecule has 0 aromatic heterocycles. The fourth-order valence-corrected chi connectivity index (χ4v) is 1.01. The van der Waals surface area contributed by atoms with Crippen molar-refractivity contribution in [3.8, 4) is 0 Å². The molecule has 0 unspecified atom stereocenters. The number of esters is 1. The predicted molar refractivity (Wildman–Crippen MR) is 34.8 cm³/mol. The molecule has 0 aromatic carbocycles. The van der Waals surface area contributed by atoms with Crippen LogP contribution in [0.1, 0.15) is 12.8 Å². The van der Waals surface area contributed by atoms with Gasteiger partial charge in [-0.25, -0.2) is 0 Å². The summed E-state index contributed by atoms with van der Waals surface area (Å²) in [5.41, 5.74) is 0. The van der Waals surface area contributed by atoms with Gasteiger partial charge in [-0.05, 0) is 0 Å². The van der Waals surface area contributed by atoms with Crippen molar-refractivity contribution >= 4 is 23.4 Å². The Morgan fingerprint density at radius 3 is 2.80 bits per heavy atom. The highest BCUT2D eigenvalue weighted by atomic mass is 35.5. The van der Waals surface area contributed by atoms with E-state index >= 15 is 0 Å². The van der Waals surface area contributed by atoms with E-state index < -0.39 is 12.1 Å². The summed E-state index contributed by atoms with van der Waals surface area (Å²) in [7, 11) is 0. The Morgan fingerprint density at radius 1 is 1.60 bits per heavy atom. The van der Waals surface area contributed by atoms with Crippen molar-refractivity contribution in [3.63, 3.8) is 0 Å². The summed E-state index contributed by atoms with van der Waals surface area (Å²) in [5, 5.41) is 0. The molecule has 1 aliphatic rings. The Labute approximate surface area is 63.3 Å². The number of alkyl halides is 1. The van der Waals surface area contributed by atoms with Crippen LogP contribution in [0.25, 0.3) is 0 Å². The van der Waals surface area contributed by atoms with Crippen LogP contribution in [0.3, 0.4) is 0 Å². The molecule has 1 saturated heterocycles. The summed E-state index contributed by atoms with van der Waals surface area (Å²) in [4.78, 5) is 21.2. The maximum absolute atomic E-state index is 10.7. The minimum atomic E-state index is -0.457. The largest absolute Gasteiger partial charge is 0.460 e. The fourth-order valence-electron chi connectivity index (χ4n) is 0.842. The number of hydrogen-bond acceptors (Lipinski definition) is 3. The molecule has 1 heterocycles. The summed E-state index contributed by atoms with van der Waals surface area (Å²) < 4.78 is 4.71. The van der Waals surface area contributed by atoms with Crippen LogP contribution in [0.2, 0.25) is 0 Å². The highest BCUT2D eigenvalue weighted by Gasteiger charge is 2.25. The van der Waals surface area contributed by atoms with Crippen molar-refractivity contribution in [3.05, 3.63) is 0 Å². The first-order valence-electron chi connectivity index (χ1n) is 2.99. The Morgan fingerprint density at radius 2 is 2.30 bits per heavy atom. The minimum Gasteiger partial charge on any atom is -0.460 e. The fraction of sp³-hybridized carbons (Fsp3) is 0.667. The van der Waals surface area contributed by atoms with Crippen LogP contribution < -0.4 is 0 Å². The number of carbonyl (C=O) groups excluding carboxylic acids is 2. The van der Waals surface area contributed by atoms with Gasteiger partial charge in [0.15, 0.2) is 0 Å². The van der Waals surface area contributed by atoms with E-state index in [-0.39, 0.29) is 24.5 Å². The molecule has 1 atom stereocenters. The molecular formula is C6H7ClO3. The van der Waals surface area contributed by atoms with Gasteiger partial charge in [-0.1, -0.05) is 0 Å². The number of rotatable bonds is 1. The van der Waals surface area contributed by atoms with Crippen LogP contribution in [0.4, 0.5) is 0 Å². The number of hydrogen-bond donors (Lipinski definition) is 0. The van der Waals surface area contributed by atoms with E-state index in [0.29, 0.717) is 0 Å². The maximum atomic E-state index is 10.7. The summed E-state index contributed by atoms with van der Waals surface area (Å²) in [6, 6.07) is 0. The molecule has 1 fully saturated rings. The van der Waals surface area contributed by atoms with Gasteiger partial charge in [-0.3, -0.25) is 9.59 Å². The lowest BCUT2D eigenvalue weighted by atomic mass is 10.1. The first-order valence-corrected chi connectivity index (χ1v) is 3.53. The van der Waals surface area contributed by atoms with Crippen molar-refractivity contribution in [2.45, 2.75) is 18.9 Å². The summed E-state index contributed by atoms with van der Waals surface area (Å²) in [6.07, 6.45) is -0.210. The van der Waals surface area contributed by atoms with E-state index in [1.807, 2.05) is 0 Å². The zero-order valence-corrected chi connectivity index (χ0v) is 6.06. The van der Waals surface area contributed by atoms with Crippen LogP contribution in [-0.2, 0) is 14.3 Å². The molecule has 3 nitrogen and oxygen atoms in total. The van der Waals surface area contributed by atoms with Crippen molar-refractivity contribution in [2.24, 2.45) is 0 Å². The molecule has 0 spiro atoms. The molecule has 0 bridgehead atoms. The zero-order chi connectivity index (χ0) is 7.56. The standard InChI is InChI=1S/C6H7ClO3/c7-3-5-1-4(8)2-6(9)10-5/h5H,1-3H2/t5-/m0/s1. The molecule has 0 aliphatic carbocycles. The van der Waals surface area contributed by atoms with E-state index in [0.717, 1.165) is 0 Å². The Bertz CT molecular complexity index is 150. The van der Waals surface area contributed by atoms with Crippen LogP contribution in [0.15, 0.2) is 0 Å². The van der Waals surface area contributed by atoms with Crippen molar-refractivity contribution in [2.75, 3.05) is 5.88 Å². The number of cyclic esters (lactones) is 1. The number of ketones is 1. The van der Waals surface area contributed by atoms with Crippen LogP contribution in [0, 0.1) is 0 Å². The summed E-state index contributed by atoms with van der Waals surface area (Å²) in [5.74, 6) is -0.332. The maximum Gasteiger partial charge on any atom is 0.313 e. The quantitative estimate of drug-likeness (QED) is 0.320. The van der Waals surface area contributed by atoms with E-state index in [2.05, 4.69) is 0 Å². The number of Topliss-reactive ketones (excluding diaryl/α,β-unsaturated/α-hetero) is 1. The zero-order valence-electron chi connectivity index (χ0n) is 5.30. The molecule has 0 saturated carbocycles. The van der Waals surface area contributed by atoms with Gasteiger partial charge in [0, 0.05) is 6.42 Å². The second-order valence-electron chi connectivity index (χ2n) is 2.19. The lowest BCUT2D eigenvalue weighted by Gasteiger charge is -2.18. The third-order valence-electron chi connectivity index (χ3n) is 1.27. The normalized spacial score (nSPS) is 26.3. The summed E-state index contributed by atoms with van der Waals surface area (Å²) >= 11 is 5.38. The highest BCUT2D eigenvalue weighted by molar-refractivity contribution is 6.18. The van der Waals surface area contributed by atoms with Gasteiger partial charge in [0.05, 0.1) is 5.88 Å². The van der Waals surface area contributed by atoms with E-state index in [1.165, 1.54) is 0 Å². The SMILES string of the molecule is O=C1CC(=O)O[C@H](CCl)C1. The number of halogens is 1. The molecule has 1 rings (SSSR count). The summed E-state index contributed by atoms with van der Waals surface area (Å²) in [6.45, 7) is 0. The van der Waals surface area contributed by atoms with Gasteiger partial charge in [0.25, 0.3) is 0 Å². The van der Waals surface area contributed by atoms with Crippen LogP contribution >= 0.6 is 11.6 Å². The van der Waals surface area contributed by atoms with E-state index in [9.17, 15) is 9.59 Å². The molecule has 0 amide bonds. The average molecular weight is 163 g/mol. The molecule has 0 radical (unpaired) electrons. The van der Waals surface area contributed by atoms with Crippen molar-refractivity contribution < 1.29 is 14.3 Å². The monoisotopic (exact) mass is 162 g/mol. The first-order chi connectivity index (χ1) is 4.72. The van der Waals surface area contributed by atoms with Gasteiger partial charge in [0.1, 0.15) is 18.3 Å². The Hall–Kier alpha value is -0.570. The average Bonchev–Trinajstić information content (AvgIpc) is 1.85. The molecule has 0 N–H and O–H groups in total. The first kappa shape index (κ1) is 7.54. The molecule has 10 heavy (non-hydrogen) atoms. The van der Waals surface area contributed by atoms with Gasteiger partial charge >= 0.3 is 5.97 Å². The second-order valence-corrected chi connectivity index (χ2v) is 2.49. The number of carbonyl (C=O) groups is 2. The molecule has 4 heteroatoms. The van der Waals surface area contributed by atoms with Crippen LogP contribution in [-0.4, -0.2) is 23.7 Å². The number of ether oxygens (including phenoxy) is 1. The third kappa shape index (κ3) is 1.70. The van der Waals surface area contributed by atoms with Gasteiger partial charge in [0.2, 0.25) is 0 Å². The topological polar surface area (TPSA) is 43.4 Å². The van der Waals surface area contributed by atoms with Gasteiger partial charge in [-0.2, -0.15) is 0 Å². The van der Waals surface area contributed by atoms with Gasteiger partial charge < -0.3 is 4.74 Å². The van der Waals surface area contributed by atoms with Crippen LogP contribution in [0.5, 0.6) is 0 Å². The van der Waals surface area contributed by atoms with E-state index in [1.54, 1.807) is 0 Å². The molecule has 1 aliphatic heterocycles. The van der Waals surface area contributed by atoms with E-state index in [4.69, 9.17) is 16.3 Å². The Kier molecular flexibility index (Phi) is 2.27. The second kappa shape index (κ2) is 3.01. The molecular weight excluding hydrogens is 156 g/mol. The predicted octanol–water partition coefficient (Wildman–Crippen LogP) is 0.500. The smallest absolute Gasteiger partial charge is 0.313 e. The lowest BCUT2D eigenvalue weighted by Crippen LogP contribution is -2.30. The minimum absolute atomic E-state index is 0.0816. The highest BCUT2D eigenvalue weighted by Crippen LogP contribution is 2.11. The van der Waals surface area contributed by atoms with Crippen molar-refractivity contribution in [1.82, 2.24) is 0 Å².